The molecule has 1 unspecified atom stereocenters. The van der Waals surface area contributed by atoms with Crippen LogP contribution in [0.4, 0.5) is 4.39 Å². The van der Waals surface area contributed by atoms with Crippen LogP contribution in [0.15, 0.2) is 23.8 Å². The van der Waals surface area contributed by atoms with E-state index in [0.29, 0.717) is 31.0 Å². The molecule has 0 aromatic heterocycles. The van der Waals surface area contributed by atoms with Crippen molar-refractivity contribution in [1.82, 2.24) is 0 Å². The summed E-state index contributed by atoms with van der Waals surface area (Å²) in [7, 11) is 0. The third kappa shape index (κ3) is 8.26. The number of alkyl halides is 1. The summed E-state index contributed by atoms with van der Waals surface area (Å²) >= 11 is 0. The molecule has 0 amide bonds. The molecule has 2 N–H and O–H groups in total. The molecule has 0 heterocycles. The van der Waals surface area contributed by atoms with Crippen molar-refractivity contribution in [2.24, 2.45) is 11.8 Å². The maximum absolute atomic E-state index is 13.2. The fourth-order valence-electron chi connectivity index (χ4n) is 3.44. The molecule has 1 fully saturated rings. The number of allylic oxidation sites excluding steroid dienone is 4. The van der Waals surface area contributed by atoms with Crippen LogP contribution in [0.5, 0.6) is 0 Å². The summed E-state index contributed by atoms with van der Waals surface area (Å²) in [4.78, 5) is 22.6. The van der Waals surface area contributed by atoms with E-state index in [-0.39, 0.29) is 5.92 Å². The van der Waals surface area contributed by atoms with Crippen molar-refractivity contribution < 1.29 is 24.2 Å². The first-order valence-corrected chi connectivity index (χ1v) is 9.71. The fourth-order valence-corrected chi connectivity index (χ4v) is 3.44. The van der Waals surface area contributed by atoms with Crippen LogP contribution in [0.3, 0.4) is 0 Å². The molecule has 1 aliphatic rings. The van der Waals surface area contributed by atoms with Crippen molar-refractivity contribution in [2.75, 3.05) is 0 Å². The van der Waals surface area contributed by atoms with E-state index in [4.69, 9.17) is 10.2 Å². The predicted molar refractivity (Wildman–Crippen MR) is 100 cm³/mol. The monoisotopic (exact) mass is 368 g/mol. The molecule has 3 atom stereocenters. The predicted octanol–water partition coefficient (Wildman–Crippen LogP) is 4.97. The fraction of sp³-hybridized carbons (Fsp3) is 0.714. The molecule has 26 heavy (non-hydrogen) atoms. The van der Waals surface area contributed by atoms with Gasteiger partial charge in [-0.1, -0.05) is 36.6 Å². The third-order valence-electron chi connectivity index (χ3n) is 5.02. The van der Waals surface area contributed by atoms with Crippen LogP contribution in [-0.2, 0) is 9.59 Å². The number of carbonyl (C=O) groups excluding carboxylic acids is 1. The van der Waals surface area contributed by atoms with Gasteiger partial charge in [-0.2, -0.15) is 4.39 Å². The molecule has 0 bridgehead atoms. The number of hydrogen-bond donors (Lipinski definition) is 2. The summed E-state index contributed by atoms with van der Waals surface area (Å²) in [5.74, 6) is -4.34. The van der Waals surface area contributed by atoms with Gasteiger partial charge in [-0.3, -0.25) is 4.79 Å². The van der Waals surface area contributed by atoms with Crippen molar-refractivity contribution in [2.45, 2.75) is 83.9 Å². The molecule has 0 aromatic rings. The summed E-state index contributed by atoms with van der Waals surface area (Å²) in [6, 6.07) is 0. The summed E-state index contributed by atoms with van der Waals surface area (Å²) in [6.07, 6.45) is 13.3. The molecule has 0 aliphatic heterocycles. The number of hydrogen-bond acceptors (Lipinski definition) is 3. The van der Waals surface area contributed by atoms with Crippen LogP contribution in [0.2, 0.25) is 0 Å². The van der Waals surface area contributed by atoms with Crippen molar-refractivity contribution in [3.63, 3.8) is 0 Å². The summed E-state index contributed by atoms with van der Waals surface area (Å²) in [5.41, 5.74) is 1.34. The zero-order valence-electron chi connectivity index (χ0n) is 16.0. The average molecular weight is 368 g/mol. The lowest BCUT2D eigenvalue weighted by atomic mass is 9.89. The number of carboxylic acids is 1. The highest BCUT2D eigenvalue weighted by molar-refractivity contribution is 5.83. The van der Waals surface area contributed by atoms with Crippen LogP contribution in [-0.4, -0.2) is 27.8 Å². The zero-order chi connectivity index (χ0) is 19.6. The Bertz CT molecular complexity index is 518. The minimum Gasteiger partial charge on any atom is -0.477 e. The first-order valence-electron chi connectivity index (χ1n) is 9.71. The molecule has 1 aliphatic carbocycles. The molecule has 0 radical (unpaired) electrons. The quantitative estimate of drug-likeness (QED) is 0.377. The van der Waals surface area contributed by atoms with Gasteiger partial charge in [0.05, 0.1) is 0 Å². The highest BCUT2D eigenvalue weighted by Crippen LogP contribution is 2.34. The Hall–Kier alpha value is -1.49. The highest BCUT2D eigenvalue weighted by Gasteiger charge is 2.35. The van der Waals surface area contributed by atoms with Gasteiger partial charge in [-0.25, -0.2) is 4.79 Å². The minimum absolute atomic E-state index is 0.0350. The van der Waals surface area contributed by atoms with Gasteiger partial charge >= 0.3 is 11.8 Å². The number of aliphatic hydroxyl groups is 1. The molecule has 1 saturated carbocycles. The maximum Gasteiger partial charge on any atom is 0.369 e. The van der Waals surface area contributed by atoms with Crippen LogP contribution in [0.25, 0.3) is 0 Å². The number of Topliss-reactive ketones (excluding diaryl/α,β-unsaturated/α-hetero) is 1. The smallest absolute Gasteiger partial charge is 0.369 e. The number of carboxylic acid groups (broad SMARTS) is 1. The normalized spacial score (nSPS) is 22.5. The van der Waals surface area contributed by atoms with Crippen LogP contribution in [0, 0.1) is 11.8 Å². The number of carbonyl (C=O) groups is 2. The Balaban J connectivity index is 2.29. The van der Waals surface area contributed by atoms with Crippen molar-refractivity contribution in [3.8, 4) is 0 Å². The number of aliphatic carboxylic acids is 1. The lowest BCUT2D eigenvalue weighted by molar-refractivity contribution is -0.181. The van der Waals surface area contributed by atoms with E-state index in [9.17, 15) is 14.0 Å². The van der Waals surface area contributed by atoms with Gasteiger partial charge in [-0.05, 0) is 58.3 Å². The first kappa shape index (κ1) is 22.6. The Kier molecular flexibility index (Phi) is 9.78. The molecule has 0 spiro atoms. The summed E-state index contributed by atoms with van der Waals surface area (Å²) in [5, 5.41) is 17.6. The number of unbranched alkanes of at least 4 members (excludes halogenated alkanes) is 4. The molecule has 4 nitrogen and oxygen atoms in total. The van der Waals surface area contributed by atoms with Gasteiger partial charge in [0, 0.05) is 18.8 Å². The number of rotatable bonds is 12. The molecule has 5 heteroatoms. The van der Waals surface area contributed by atoms with E-state index in [1.165, 1.54) is 5.57 Å². The zero-order valence-corrected chi connectivity index (χ0v) is 16.0. The van der Waals surface area contributed by atoms with Gasteiger partial charge in [0.1, 0.15) is 5.78 Å². The SMILES string of the molecule is CC(C)=CCCCC=C[C@H]1CCC(=O)[C@@H]1CCCCCC(O)(F)C(=O)O. The van der Waals surface area contributed by atoms with E-state index in [0.717, 1.165) is 38.5 Å². The van der Waals surface area contributed by atoms with E-state index in [1.54, 1.807) is 0 Å². The average Bonchev–Trinajstić information content (AvgIpc) is 2.90. The largest absolute Gasteiger partial charge is 0.477 e. The van der Waals surface area contributed by atoms with E-state index < -0.39 is 18.2 Å². The molecule has 148 valence electrons. The standard InChI is InChI=1S/C21H33FO4/c1-16(2)10-6-3-4-7-11-17-13-14-19(23)18(17)12-8-5-9-15-21(22,26)20(24)25/h7,10-11,17-18,26H,3-6,8-9,12-15H2,1-2H3,(H,24,25)/t17-,18+,21?/m0/s1. The van der Waals surface area contributed by atoms with Crippen LogP contribution in [0.1, 0.15) is 78.1 Å². The summed E-state index contributed by atoms with van der Waals surface area (Å²) in [6.45, 7) is 4.20. The van der Waals surface area contributed by atoms with Crippen molar-refractivity contribution >= 4 is 11.8 Å². The Morgan fingerprint density at radius 1 is 1.23 bits per heavy atom. The van der Waals surface area contributed by atoms with E-state index >= 15 is 0 Å². The van der Waals surface area contributed by atoms with Crippen LogP contribution < -0.4 is 0 Å². The molecular formula is C21H33FO4. The van der Waals surface area contributed by atoms with Gasteiger partial charge < -0.3 is 10.2 Å². The lowest BCUT2D eigenvalue weighted by Gasteiger charge is -2.16. The van der Waals surface area contributed by atoms with Crippen molar-refractivity contribution in [3.05, 3.63) is 23.8 Å². The second-order valence-electron chi connectivity index (χ2n) is 7.58. The molecule has 0 saturated heterocycles. The first-order chi connectivity index (χ1) is 12.2. The molecule has 1 rings (SSSR count). The third-order valence-corrected chi connectivity index (χ3v) is 5.02. The van der Waals surface area contributed by atoms with Crippen LogP contribution >= 0.6 is 0 Å². The minimum atomic E-state index is -3.14. The maximum atomic E-state index is 13.2. The van der Waals surface area contributed by atoms with E-state index in [1.807, 2.05) is 0 Å². The summed E-state index contributed by atoms with van der Waals surface area (Å²) < 4.78 is 13.2. The Morgan fingerprint density at radius 3 is 2.62 bits per heavy atom. The van der Waals surface area contributed by atoms with Gasteiger partial charge in [0.15, 0.2) is 0 Å². The van der Waals surface area contributed by atoms with Crippen molar-refractivity contribution in [1.29, 1.82) is 0 Å². The lowest BCUT2D eigenvalue weighted by Crippen LogP contribution is -2.32. The van der Waals surface area contributed by atoms with E-state index in [2.05, 4.69) is 32.1 Å². The molecule has 0 aromatic carbocycles. The second kappa shape index (κ2) is 11.3. The Morgan fingerprint density at radius 2 is 1.96 bits per heavy atom. The highest BCUT2D eigenvalue weighted by atomic mass is 19.2. The van der Waals surface area contributed by atoms with Gasteiger partial charge in [0.2, 0.25) is 0 Å². The van der Waals surface area contributed by atoms with Gasteiger partial charge in [0.25, 0.3) is 0 Å². The molecular weight excluding hydrogens is 335 g/mol. The van der Waals surface area contributed by atoms with Gasteiger partial charge in [-0.15, -0.1) is 0 Å². The topological polar surface area (TPSA) is 74.6 Å². The number of ketones is 1. The number of halogens is 1. The Labute approximate surface area is 156 Å². The second-order valence-corrected chi connectivity index (χ2v) is 7.58.